The first-order valence-corrected chi connectivity index (χ1v) is 11.9. The van der Waals surface area contributed by atoms with Gasteiger partial charge in [0.25, 0.3) is 0 Å². The summed E-state index contributed by atoms with van der Waals surface area (Å²) in [5, 5.41) is 7.24. The molecule has 1 aliphatic heterocycles. The van der Waals surface area contributed by atoms with Gasteiger partial charge >= 0.3 is 0 Å². The van der Waals surface area contributed by atoms with Gasteiger partial charge in [0.2, 0.25) is 15.9 Å². The Bertz CT molecular complexity index is 996. The van der Waals surface area contributed by atoms with Crippen LogP contribution in [0.5, 0.6) is 0 Å². The molecular formula is C22H32N4O3S. The highest BCUT2D eigenvalue weighted by Gasteiger charge is 2.34. The molecule has 164 valence electrons. The van der Waals surface area contributed by atoms with Gasteiger partial charge in [0.05, 0.1) is 11.1 Å². The van der Waals surface area contributed by atoms with Crippen LogP contribution in [0.1, 0.15) is 43.4 Å². The standard InChI is InChI=1S/C22H32N4O3S/c1-15(2)14-26-20(6-9-23-26)24-22(27)19-7-10-25(11-8-19)30(28,29)21-17(4)12-16(3)13-18(21)5/h6,9,12-13,15,19H,7-8,10-11,14H2,1-5H3,(H,24,27). The van der Waals surface area contributed by atoms with E-state index in [0.29, 0.717) is 42.6 Å². The molecule has 0 spiro atoms. The van der Waals surface area contributed by atoms with Gasteiger partial charge in [-0.1, -0.05) is 31.5 Å². The SMILES string of the molecule is Cc1cc(C)c(S(=O)(=O)N2CCC(C(=O)Nc3ccnn3CC(C)C)CC2)c(C)c1. The first kappa shape index (κ1) is 22.5. The van der Waals surface area contributed by atoms with Gasteiger partial charge < -0.3 is 5.32 Å². The summed E-state index contributed by atoms with van der Waals surface area (Å²) in [6.45, 7) is 11.3. The maximum atomic E-state index is 13.2. The highest BCUT2D eigenvalue weighted by atomic mass is 32.2. The molecule has 8 heteroatoms. The van der Waals surface area contributed by atoms with Gasteiger partial charge in [-0.15, -0.1) is 0 Å². The van der Waals surface area contributed by atoms with Gasteiger partial charge in [0.1, 0.15) is 5.82 Å². The average Bonchev–Trinajstić information content (AvgIpc) is 3.06. The number of carbonyl (C=O) groups excluding carboxylic acids is 1. The number of nitrogens with one attached hydrogen (secondary N) is 1. The molecule has 0 radical (unpaired) electrons. The van der Waals surface area contributed by atoms with Crippen molar-refractivity contribution in [3.63, 3.8) is 0 Å². The molecule has 30 heavy (non-hydrogen) atoms. The summed E-state index contributed by atoms with van der Waals surface area (Å²) < 4.78 is 29.8. The molecule has 7 nitrogen and oxygen atoms in total. The van der Waals surface area contributed by atoms with Gasteiger partial charge in [0.15, 0.2) is 0 Å². The van der Waals surface area contributed by atoms with E-state index in [4.69, 9.17) is 0 Å². The summed E-state index contributed by atoms with van der Waals surface area (Å²) in [7, 11) is -3.57. The van der Waals surface area contributed by atoms with Crippen LogP contribution in [-0.4, -0.2) is 41.5 Å². The van der Waals surface area contributed by atoms with Gasteiger partial charge in [-0.25, -0.2) is 13.1 Å². The van der Waals surface area contributed by atoms with Crippen molar-refractivity contribution in [1.82, 2.24) is 14.1 Å². The number of hydrogen-bond donors (Lipinski definition) is 1. The van der Waals surface area contributed by atoms with Crippen molar-refractivity contribution in [2.75, 3.05) is 18.4 Å². The van der Waals surface area contributed by atoms with E-state index in [2.05, 4.69) is 24.3 Å². The lowest BCUT2D eigenvalue weighted by Gasteiger charge is -2.31. The van der Waals surface area contributed by atoms with Gasteiger partial charge in [0, 0.05) is 31.6 Å². The van der Waals surface area contributed by atoms with Crippen LogP contribution in [0.3, 0.4) is 0 Å². The second-order valence-corrected chi connectivity index (χ2v) is 10.6. The molecule has 0 bridgehead atoms. The Morgan fingerprint density at radius 1 is 1.17 bits per heavy atom. The molecule has 2 heterocycles. The van der Waals surface area contributed by atoms with E-state index in [0.717, 1.165) is 23.2 Å². The summed E-state index contributed by atoms with van der Waals surface area (Å²) >= 11 is 0. The zero-order chi connectivity index (χ0) is 22.1. The largest absolute Gasteiger partial charge is 0.311 e. The van der Waals surface area contributed by atoms with Crippen LogP contribution in [0.15, 0.2) is 29.3 Å². The summed E-state index contributed by atoms with van der Waals surface area (Å²) in [5.41, 5.74) is 2.59. The summed E-state index contributed by atoms with van der Waals surface area (Å²) in [4.78, 5) is 13.2. The van der Waals surface area contributed by atoms with Crippen molar-refractivity contribution in [3.05, 3.63) is 41.1 Å². The molecule has 1 aromatic carbocycles. The number of nitrogens with zero attached hydrogens (tertiary/aromatic N) is 3. The second kappa shape index (κ2) is 8.89. The molecule has 1 fully saturated rings. The molecule has 1 N–H and O–H groups in total. The number of amides is 1. The van der Waals surface area contributed by atoms with Crippen molar-refractivity contribution in [2.45, 2.75) is 58.9 Å². The Morgan fingerprint density at radius 3 is 2.33 bits per heavy atom. The van der Waals surface area contributed by atoms with E-state index in [1.54, 1.807) is 16.9 Å². The van der Waals surface area contributed by atoms with Crippen molar-refractivity contribution < 1.29 is 13.2 Å². The summed E-state index contributed by atoms with van der Waals surface area (Å²) in [5.74, 6) is 0.830. The minimum Gasteiger partial charge on any atom is -0.311 e. The Hall–Kier alpha value is -2.19. The first-order chi connectivity index (χ1) is 14.1. The topological polar surface area (TPSA) is 84.3 Å². The summed E-state index contributed by atoms with van der Waals surface area (Å²) in [6.07, 6.45) is 2.69. The Balaban J connectivity index is 1.66. The number of carbonyl (C=O) groups is 1. The number of benzene rings is 1. The molecule has 1 aromatic heterocycles. The quantitative estimate of drug-likeness (QED) is 0.757. The third-order valence-electron chi connectivity index (χ3n) is 5.53. The molecule has 0 aliphatic carbocycles. The number of piperidine rings is 1. The maximum Gasteiger partial charge on any atom is 0.243 e. The third kappa shape index (κ3) is 4.75. The fourth-order valence-corrected chi connectivity index (χ4v) is 6.10. The van der Waals surface area contributed by atoms with Gasteiger partial charge in [-0.2, -0.15) is 9.40 Å². The second-order valence-electron chi connectivity index (χ2n) is 8.69. The lowest BCUT2D eigenvalue weighted by molar-refractivity contribution is -0.121. The van der Waals surface area contributed by atoms with Gasteiger partial charge in [-0.05, 0) is 50.7 Å². The fourth-order valence-electron chi connectivity index (χ4n) is 4.22. The highest BCUT2D eigenvalue weighted by molar-refractivity contribution is 7.89. The van der Waals surface area contributed by atoms with E-state index in [1.807, 2.05) is 32.9 Å². The van der Waals surface area contributed by atoms with Crippen LogP contribution in [0.4, 0.5) is 5.82 Å². The minimum absolute atomic E-state index is 0.0692. The van der Waals surface area contributed by atoms with Crippen LogP contribution in [-0.2, 0) is 21.4 Å². The minimum atomic E-state index is -3.57. The molecule has 2 aromatic rings. The van der Waals surface area contributed by atoms with E-state index in [1.165, 1.54) is 4.31 Å². The lowest BCUT2D eigenvalue weighted by atomic mass is 9.97. The molecule has 0 saturated carbocycles. The average molecular weight is 433 g/mol. The lowest BCUT2D eigenvalue weighted by Crippen LogP contribution is -2.42. The molecular weight excluding hydrogens is 400 g/mol. The fraction of sp³-hybridized carbons (Fsp3) is 0.545. The number of sulfonamides is 1. The molecule has 1 aliphatic rings. The van der Waals surface area contributed by atoms with Crippen molar-refractivity contribution in [2.24, 2.45) is 11.8 Å². The van der Waals surface area contributed by atoms with Gasteiger partial charge in [-0.3, -0.25) is 4.79 Å². The zero-order valence-electron chi connectivity index (χ0n) is 18.5. The monoisotopic (exact) mass is 432 g/mol. The number of rotatable bonds is 6. The maximum absolute atomic E-state index is 13.2. The zero-order valence-corrected chi connectivity index (χ0v) is 19.3. The van der Waals surface area contributed by atoms with Crippen LogP contribution in [0, 0.1) is 32.6 Å². The first-order valence-electron chi connectivity index (χ1n) is 10.5. The third-order valence-corrected chi connectivity index (χ3v) is 7.74. The van der Waals surface area contributed by atoms with Crippen LogP contribution in [0.2, 0.25) is 0 Å². The molecule has 1 saturated heterocycles. The Labute approximate surface area is 179 Å². The van der Waals surface area contributed by atoms with Crippen LogP contribution in [0.25, 0.3) is 0 Å². The number of hydrogen-bond acceptors (Lipinski definition) is 4. The number of aryl methyl sites for hydroxylation is 3. The van der Waals surface area contributed by atoms with E-state index in [-0.39, 0.29) is 11.8 Å². The normalized spacial score (nSPS) is 16.2. The van der Waals surface area contributed by atoms with Crippen molar-refractivity contribution in [3.8, 4) is 0 Å². The van der Waals surface area contributed by atoms with E-state index >= 15 is 0 Å². The van der Waals surface area contributed by atoms with Crippen molar-refractivity contribution >= 4 is 21.7 Å². The Kier molecular flexibility index (Phi) is 6.67. The highest BCUT2D eigenvalue weighted by Crippen LogP contribution is 2.29. The Morgan fingerprint density at radius 2 is 1.77 bits per heavy atom. The van der Waals surface area contributed by atoms with Crippen LogP contribution >= 0.6 is 0 Å². The predicted octanol–water partition coefficient (Wildman–Crippen LogP) is 3.50. The molecule has 0 atom stereocenters. The molecule has 0 unspecified atom stereocenters. The predicted molar refractivity (Wildman–Crippen MR) is 118 cm³/mol. The summed E-state index contributed by atoms with van der Waals surface area (Å²) in [6, 6.07) is 5.60. The molecule has 3 rings (SSSR count). The van der Waals surface area contributed by atoms with Crippen LogP contribution < -0.4 is 5.32 Å². The number of aromatic nitrogens is 2. The van der Waals surface area contributed by atoms with Crippen molar-refractivity contribution in [1.29, 1.82) is 0 Å². The van der Waals surface area contributed by atoms with E-state index in [9.17, 15) is 13.2 Å². The molecule has 1 amide bonds. The number of anilines is 1. The van der Waals surface area contributed by atoms with E-state index < -0.39 is 10.0 Å². The smallest absolute Gasteiger partial charge is 0.243 e.